The van der Waals surface area contributed by atoms with E-state index in [0.717, 1.165) is 30.8 Å². The number of hydrogen-bond acceptors (Lipinski definition) is 6. The van der Waals surface area contributed by atoms with Gasteiger partial charge in [0.15, 0.2) is 0 Å². The average molecular weight is 627 g/mol. The Labute approximate surface area is 269 Å². The van der Waals surface area contributed by atoms with Crippen molar-refractivity contribution in [2.45, 2.75) is 55.7 Å². The van der Waals surface area contributed by atoms with Crippen LogP contribution in [0.1, 0.15) is 32.8 Å². The first-order valence-electron chi connectivity index (χ1n) is 16.0. The Morgan fingerprint density at radius 3 is 2.16 bits per heavy atom. The molecule has 3 unspecified atom stereocenters. The largest absolute Gasteiger partial charge is 0.394 e. The van der Waals surface area contributed by atoms with Crippen LogP contribution in [0.15, 0.2) is 84.9 Å². The number of carbonyl (C=O) groups is 3. The van der Waals surface area contributed by atoms with Crippen LogP contribution in [-0.2, 0) is 20.8 Å². The quantitative estimate of drug-likeness (QED) is 0.276. The van der Waals surface area contributed by atoms with Crippen molar-refractivity contribution in [3.05, 3.63) is 90.5 Å². The number of likely N-dealkylation sites (tertiary alicyclic amines) is 1. The zero-order chi connectivity index (χ0) is 31.7. The van der Waals surface area contributed by atoms with Crippen molar-refractivity contribution >= 4 is 46.5 Å². The number of hydrogen-bond donors (Lipinski definition) is 3. The summed E-state index contributed by atoms with van der Waals surface area (Å²) < 4.78 is -0.796. The molecule has 9 heteroatoms. The molecule has 6 rings (SSSR count). The van der Waals surface area contributed by atoms with Gasteiger partial charge in [-0.25, -0.2) is 0 Å². The van der Waals surface area contributed by atoms with E-state index in [-0.39, 0.29) is 35.5 Å². The SMILES string of the molecule is CCN(CC)c1ccc(NC(=O)C2N([C@@H](CO)Cc3ccccc3)C(=O)[C@@H]3[C@@H](C(=O)Nc4ccccc4)[C@H]4CC(C)C23S4)cc1. The molecule has 0 aromatic heterocycles. The molecule has 236 valence electrons. The molecule has 8 nitrogen and oxygen atoms in total. The Balaban J connectivity index is 1.36. The summed E-state index contributed by atoms with van der Waals surface area (Å²) in [5.41, 5.74) is 3.37. The van der Waals surface area contributed by atoms with Gasteiger partial charge in [-0.05, 0) is 74.6 Å². The molecule has 3 aliphatic rings. The van der Waals surface area contributed by atoms with Gasteiger partial charge in [0.05, 0.1) is 29.2 Å². The zero-order valence-electron chi connectivity index (χ0n) is 26.1. The minimum absolute atomic E-state index is 0.0177. The number of benzene rings is 3. The molecule has 3 aromatic carbocycles. The Kier molecular flexibility index (Phi) is 8.93. The van der Waals surface area contributed by atoms with Gasteiger partial charge in [-0.2, -0.15) is 0 Å². The van der Waals surface area contributed by atoms with Crippen LogP contribution in [0.4, 0.5) is 17.1 Å². The van der Waals surface area contributed by atoms with E-state index >= 15 is 0 Å². The lowest BCUT2D eigenvalue weighted by Crippen LogP contribution is -2.57. The maximum absolute atomic E-state index is 14.7. The minimum Gasteiger partial charge on any atom is -0.394 e. The number of amides is 3. The fourth-order valence-corrected chi connectivity index (χ4v) is 10.3. The monoisotopic (exact) mass is 626 g/mol. The number of para-hydroxylation sites is 1. The third-order valence-electron chi connectivity index (χ3n) is 9.96. The van der Waals surface area contributed by atoms with Crippen LogP contribution < -0.4 is 15.5 Å². The first kappa shape index (κ1) is 31.2. The average Bonchev–Trinajstić information content (AvgIpc) is 3.65. The van der Waals surface area contributed by atoms with E-state index in [1.54, 1.807) is 16.7 Å². The van der Waals surface area contributed by atoms with Gasteiger partial charge >= 0.3 is 0 Å². The van der Waals surface area contributed by atoms with Crippen molar-refractivity contribution in [1.29, 1.82) is 0 Å². The van der Waals surface area contributed by atoms with Gasteiger partial charge in [0, 0.05) is 35.4 Å². The topological polar surface area (TPSA) is 102 Å². The number of aliphatic hydroxyl groups is 1. The molecule has 45 heavy (non-hydrogen) atoms. The van der Waals surface area contributed by atoms with Crippen LogP contribution in [0.3, 0.4) is 0 Å². The van der Waals surface area contributed by atoms with Crippen LogP contribution in [0.5, 0.6) is 0 Å². The van der Waals surface area contributed by atoms with E-state index in [4.69, 9.17) is 0 Å². The first-order valence-corrected chi connectivity index (χ1v) is 16.9. The van der Waals surface area contributed by atoms with Crippen molar-refractivity contribution in [1.82, 2.24) is 4.90 Å². The standard InChI is InChI=1S/C36H42N4O4S/c1-4-39(5-2)27-18-16-26(17-19-27)38-34(43)32-36-23(3)20-29(45-36)30(33(42)37-25-14-10-7-11-15-25)31(36)35(44)40(32)28(22-41)21-24-12-8-6-9-13-24/h6-19,23,28-32,41H,4-5,20-22H2,1-3H3,(H,37,42)(H,38,43)/t23?,28-,29-,30+,31+,32?,36?/m1/s1. The molecule has 0 radical (unpaired) electrons. The lowest BCUT2D eigenvalue weighted by molar-refractivity contribution is -0.141. The van der Waals surface area contributed by atoms with Gasteiger partial charge < -0.3 is 25.5 Å². The third kappa shape index (κ3) is 5.50. The number of rotatable bonds is 11. The van der Waals surface area contributed by atoms with Crippen LogP contribution in [0.25, 0.3) is 0 Å². The van der Waals surface area contributed by atoms with Gasteiger partial charge in [-0.15, -0.1) is 11.8 Å². The van der Waals surface area contributed by atoms with Gasteiger partial charge in [-0.1, -0.05) is 55.5 Å². The lowest BCUT2D eigenvalue weighted by Gasteiger charge is -2.40. The highest BCUT2D eigenvalue weighted by Crippen LogP contribution is 2.69. The number of nitrogens with one attached hydrogen (secondary N) is 2. The van der Waals surface area contributed by atoms with Crippen LogP contribution in [-0.4, -0.2) is 69.5 Å². The first-order chi connectivity index (χ1) is 21.8. The molecule has 3 aromatic rings. The summed E-state index contributed by atoms with van der Waals surface area (Å²) in [6.45, 7) is 7.78. The van der Waals surface area contributed by atoms with Crippen molar-refractivity contribution in [3.63, 3.8) is 0 Å². The molecule has 7 atom stereocenters. The van der Waals surface area contributed by atoms with Crippen molar-refractivity contribution in [2.24, 2.45) is 17.8 Å². The van der Waals surface area contributed by atoms with E-state index < -0.39 is 28.7 Å². The van der Waals surface area contributed by atoms with E-state index in [0.29, 0.717) is 17.8 Å². The van der Waals surface area contributed by atoms with E-state index in [1.165, 1.54) is 0 Å². The third-order valence-corrected chi connectivity index (χ3v) is 12.0. The fraction of sp³-hybridized carbons (Fsp3) is 0.417. The van der Waals surface area contributed by atoms with Crippen molar-refractivity contribution in [2.75, 3.05) is 35.2 Å². The van der Waals surface area contributed by atoms with Gasteiger partial charge in [0.2, 0.25) is 17.7 Å². The molecule has 3 heterocycles. The highest BCUT2D eigenvalue weighted by molar-refractivity contribution is 8.02. The van der Waals surface area contributed by atoms with Crippen molar-refractivity contribution < 1.29 is 19.5 Å². The van der Waals surface area contributed by atoms with E-state index in [2.05, 4.69) is 36.3 Å². The summed E-state index contributed by atoms with van der Waals surface area (Å²) in [5.74, 6) is -1.94. The Hall–Kier alpha value is -3.82. The van der Waals surface area contributed by atoms with Gasteiger partial charge in [0.25, 0.3) is 0 Å². The summed E-state index contributed by atoms with van der Waals surface area (Å²) in [6, 6.07) is 25.3. The van der Waals surface area contributed by atoms with E-state index in [9.17, 15) is 19.5 Å². The van der Waals surface area contributed by atoms with Crippen LogP contribution >= 0.6 is 11.8 Å². The normalized spacial score (nSPS) is 27.2. The molecule has 3 fully saturated rings. The fourth-order valence-electron chi connectivity index (χ4n) is 7.89. The maximum atomic E-state index is 14.7. The van der Waals surface area contributed by atoms with E-state index in [1.807, 2.05) is 84.9 Å². The van der Waals surface area contributed by atoms with Gasteiger partial charge in [-0.3, -0.25) is 14.4 Å². The Morgan fingerprint density at radius 2 is 1.53 bits per heavy atom. The molecular weight excluding hydrogens is 584 g/mol. The molecule has 0 saturated carbocycles. The number of fused-ring (bicyclic) bond motifs is 1. The predicted octanol–water partition coefficient (Wildman–Crippen LogP) is 5.05. The molecular formula is C36H42N4O4S. The zero-order valence-corrected chi connectivity index (χ0v) is 26.9. The Morgan fingerprint density at radius 1 is 0.933 bits per heavy atom. The van der Waals surface area contributed by atoms with Crippen molar-refractivity contribution in [3.8, 4) is 0 Å². The molecule has 3 saturated heterocycles. The highest BCUT2D eigenvalue weighted by atomic mass is 32.2. The second-order valence-electron chi connectivity index (χ2n) is 12.4. The predicted molar refractivity (Wildman–Crippen MR) is 180 cm³/mol. The smallest absolute Gasteiger partial charge is 0.248 e. The molecule has 3 amide bonds. The number of carbonyl (C=O) groups excluding carboxylic acids is 3. The number of thioether (sulfide) groups is 1. The Bertz CT molecular complexity index is 1520. The molecule has 3 aliphatic heterocycles. The van der Waals surface area contributed by atoms with Crippen LogP contribution in [0, 0.1) is 17.8 Å². The summed E-state index contributed by atoms with van der Waals surface area (Å²) in [7, 11) is 0. The maximum Gasteiger partial charge on any atom is 0.248 e. The van der Waals surface area contributed by atoms with Crippen LogP contribution in [0.2, 0.25) is 0 Å². The molecule has 3 N–H and O–H groups in total. The number of anilines is 3. The molecule has 2 bridgehead atoms. The van der Waals surface area contributed by atoms with Gasteiger partial charge in [0.1, 0.15) is 6.04 Å². The summed E-state index contributed by atoms with van der Waals surface area (Å²) in [6.07, 6.45) is 1.14. The molecule has 0 aliphatic carbocycles. The number of nitrogens with zero attached hydrogens (tertiary/aromatic N) is 2. The minimum atomic E-state index is -0.849. The number of aliphatic hydroxyl groups excluding tert-OH is 1. The summed E-state index contributed by atoms with van der Waals surface area (Å²) >= 11 is 1.63. The summed E-state index contributed by atoms with van der Waals surface area (Å²) in [5, 5.41) is 16.8. The lowest BCUT2D eigenvalue weighted by atomic mass is 9.66. The highest BCUT2D eigenvalue weighted by Gasteiger charge is 2.76. The second kappa shape index (κ2) is 12.9. The summed E-state index contributed by atoms with van der Waals surface area (Å²) in [4.78, 5) is 46.9. The second-order valence-corrected chi connectivity index (χ2v) is 13.9. The molecule has 1 spiro atoms.